The predicted molar refractivity (Wildman–Crippen MR) is 81.3 cm³/mol. The number of hydrogen-bond donors (Lipinski definition) is 2. The topological polar surface area (TPSA) is 79.4 Å². The van der Waals surface area contributed by atoms with Crippen molar-refractivity contribution in [1.82, 2.24) is 15.3 Å². The van der Waals surface area contributed by atoms with Crippen molar-refractivity contribution in [2.75, 3.05) is 37.0 Å². The van der Waals surface area contributed by atoms with Crippen LogP contribution in [0.2, 0.25) is 0 Å². The summed E-state index contributed by atoms with van der Waals surface area (Å²) >= 11 is 0. The van der Waals surface area contributed by atoms with Crippen LogP contribution < -0.4 is 15.5 Å². The summed E-state index contributed by atoms with van der Waals surface area (Å²) in [5.41, 5.74) is 0. The zero-order valence-electron chi connectivity index (χ0n) is 12.8. The van der Waals surface area contributed by atoms with E-state index in [0.717, 1.165) is 37.7 Å². The Bertz CT molecular complexity index is 470. The van der Waals surface area contributed by atoms with Gasteiger partial charge in [0.1, 0.15) is 18.2 Å². The Morgan fingerprint density at radius 2 is 2.33 bits per heavy atom. The molecule has 1 unspecified atom stereocenters. The Hall–Kier alpha value is -1.89. The van der Waals surface area contributed by atoms with E-state index in [1.165, 1.54) is 0 Å². The van der Waals surface area contributed by atoms with Gasteiger partial charge < -0.3 is 20.3 Å². The molecule has 0 aliphatic carbocycles. The van der Waals surface area contributed by atoms with Gasteiger partial charge in [0.15, 0.2) is 5.82 Å². The van der Waals surface area contributed by atoms with Gasteiger partial charge in [-0.05, 0) is 13.3 Å². The van der Waals surface area contributed by atoms with Crippen LogP contribution in [0.1, 0.15) is 26.1 Å². The van der Waals surface area contributed by atoms with Crippen LogP contribution in [0.4, 0.5) is 11.6 Å². The monoisotopic (exact) mass is 293 g/mol. The number of anilines is 2. The van der Waals surface area contributed by atoms with Crippen molar-refractivity contribution >= 4 is 17.5 Å². The zero-order valence-corrected chi connectivity index (χ0v) is 12.8. The second kappa shape index (κ2) is 7.21. The van der Waals surface area contributed by atoms with Gasteiger partial charge in [-0.3, -0.25) is 4.79 Å². The van der Waals surface area contributed by atoms with E-state index in [0.29, 0.717) is 12.4 Å². The number of rotatable bonds is 6. The summed E-state index contributed by atoms with van der Waals surface area (Å²) in [4.78, 5) is 22.3. The summed E-state index contributed by atoms with van der Waals surface area (Å²) in [5.74, 6) is 2.35. The van der Waals surface area contributed by atoms with E-state index in [1.807, 2.05) is 13.0 Å². The normalized spacial score (nSPS) is 17.9. The van der Waals surface area contributed by atoms with Crippen LogP contribution in [0.15, 0.2) is 6.07 Å². The van der Waals surface area contributed by atoms with Gasteiger partial charge in [-0.2, -0.15) is 0 Å². The molecule has 1 saturated heterocycles. The van der Waals surface area contributed by atoms with E-state index in [9.17, 15) is 4.79 Å². The van der Waals surface area contributed by atoms with Gasteiger partial charge in [0, 0.05) is 45.8 Å². The minimum Gasteiger partial charge on any atom is -0.377 e. The number of carbonyl (C=O) groups is 1. The predicted octanol–water partition coefficient (Wildman–Crippen LogP) is 0.770. The Balaban J connectivity index is 2.13. The maximum Gasteiger partial charge on any atom is 0.217 e. The molecule has 1 amide bonds. The van der Waals surface area contributed by atoms with E-state index in [4.69, 9.17) is 4.74 Å². The first-order valence-corrected chi connectivity index (χ1v) is 7.25. The lowest BCUT2D eigenvalue weighted by Crippen LogP contribution is -2.35. The molecule has 0 saturated carbocycles. The fourth-order valence-corrected chi connectivity index (χ4v) is 2.48. The van der Waals surface area contributed by atoms with Gasteiger partial charge in [-0.25, -0.2) is 9.97 Å². The molecular weight excluding hydrogens is 270 g/mol. The Morgan fingerprint density at radius 3 is 3.00 bits per heavy atom. The maximum atomic E-state index is 11.1. The van der Waals surface area contributed by atoms with Crippen molar-refractivity contribution in [3.8, 4) is 0 Å². The Kier molecular flexibility index (Phi) is 5.32. The number of carbonyl (C=O) groups excluding carboxylic acids is 1. The third-order valence-electron chi connectivity index (χ3n) is 3.31. The third-order valence-corrected chi connectivity index (χ3v) is 3.31. The van der Waals surface area contributed by atoms with E-state index in [1.54, 1.807) is 14.0 Å². The first kappa shape index (κ1) is 15.5. The molecule has 21 heavy (non-hydrogen) atoms. The Morgan fingerprint density at radius 1 is 1.52 bits per heavy atom. The van der Waals surface area contributed by atoms with Gasteiger partial charge in [-0.15, -0.1) is 0 Å². The van der Waals surface area contributed by atoms with Crippen LogP contribution in [-0.2, 0) is 16.1 Å². The van der Waals surface area contributed by atoms with Gasteiger partial charge in [0.25, 0.3) is 0 Å². The van der Waals surface area contributed by atoms with Crippen molar-refractivity contribution in [3.63, 3.8) is 0 Å². The summed E-state index contributed by atoms with van der Waals surface area (Å²) in [7, 11) is 1.63. The average molecular weight is 293 g/mol. The maximum absolute atomic E-state index is 11.1. The zero-order chi connectivity index (χ0) is 15.2. The SMILES string of the molecule is CCNc1cc(N2CCC(NC(C)=O)C2)nc(COC)n1. The molecule has 7 heteroatoms. The number of nitrogens with one attached hydrogen (secondary N) is 2. The summed E-state index contributed by atoms with van der Waals surface area (Å²) in [6.45, 7) is 6.41. The standard InChI is InChI=1S/C14H23N5O2/c1-4-15-12-7-14(18-13(17-12)9-21-3)19-6-5-11(8-19)16-10(2)20/h7,11H,4-6,8-9H2,1-3H3,(H,16,20)(H,15,17,18). The number of hydrogen-bond acceptors (Lipinski definition) is 6. The van der Waals surface area contributed by atoms with Crippen molar-refractivity contribution in [1.29, 1.82) is 0 Å². The average Bonchev–Trinajstić information content (AvgIpc) is 2.87. The molecule has 1 atom stereocenters. The fourth-order valence-electron chi connectivity index (χ4n) is 2.48. The van der Waals surface area contributed by atoms with Crippen molar-refractivity contribution in [2.45, 2.75) is 32.9 Å². The van der Waals surface area contributed by atoms with E-state index in [-0.39, 0.29) is 11.9 Å². The lowest BCUT2D eigenvalue weighted by molar-refractivity contribution is -0.119. The van der Waals surface area contributed by atoms with E-state index in [2.05, 4.69) is 25.5 Å². The number of ether oxygens (including phenoxy) is 1. The highest BCUT2D eigenvalue weighted by Crippen LogP contribution is 2.21. The minimum atomic E-state index is 0.0120. The summed E-state index contributed by atoms with van der Waals surface area (Å²) in [5, 5.41) is 6.17. The van der Waals surface area contributed by atoms with Gasteiger partial charge in [0.05, 0.1) is 0 Å². The molecule has 0 spiro atoms. The summed E-state index contributed by atoms with van der Waals surface area (Å²) in [6, 6.07) is 2.13. The van der Waals surface area contributed by atoms with Gasteiger partial charge in [0.2, 0.25) is 5.91 Å². The summed E-state index contributed by atoms with van der Waals surface area (Å²) in [6.07, 6.45) is 0.930. The largest absolute Gasteiger partial charge is 0.377 e. The first-order chi connectivity index (χ1) is 10.1. The van der Waals surface area contributed by atoms with Crippen LogP contribution in [0, 0.1) is 0 Å². The highest BCUT2D eigenvalue weighted by atomic mass is 16.5. The lowest BCUT2D eigenvalue weighted by atomic mass is 10.3. The van der Waals surface area contributed by atoms with Gasteiger partial charge >= 0.3 is 0 Å². The number of aromatic nitrogens is 2. The molecule has 2 heterocycles. The Labute approximate surface area is 125 Å². The fraction of sp³-hybridized carbons (Fsp3) is 0.643. The minimum absolute atomic E-state index is 0.0120. The molecule has 7 nitrogen and oxygen atoms in total. The van der Waals surface area contributed by atoms with Crippen molar-refractivity contribution < 1.29 is 9.53 Å². The molecule has 1 aromatic rings. The quantitative estimate of drug-likeness (QED) is 0.806. The smallest absolute Gasteiger partial charge is 0.217 e. The second-order valence-corrected chi connectivity index (χ2v) is 5.12. The number of amides is 1. The molecule has 1 fully saturated rings. The van der Waals surface area contributed by atoms with Crippen LogP contribution in [0.25, 0.3) is 0 Å². The van der Waals surface area contributed by atoms with Crippen LogP contribution in [-0.4, -0.2) is 48.7 Å². The van der Waals surface area contributed by atoms with Crippen LogP contribution in [0.3, 0.4) is 0 Å². The van der Waals surface area contributed by atoms with Crippen molar-refractivity contribution in [2.24, 2.45) is 0 Å². The molecular formula is C14H23N5O2. The van der Waals surface area contributed by atoms with Crippen molar-refractivity contribution in [3.05, 3.63) is 11.9 Å². The molecule has 1 aromatic heterocycles. The molecule has 116 valence electrons. The van der Waals surface area contributed by atoms with Gasteiger partial charge in [-0.1, -0.05) is 0 Å². The first-order valence-electron chi connectivity index (χ1n) is 7.25. The van der Waals surface area contributed by atoms with E-state index >= 15 is 0 Å². The highest BCUT2D eigenvalue weighted by Gasteiger charge is 2.24. The molecule has 2 N–H and O–H groups in total. The third kappa shape index (κ3) is 4.29. The molecule has 1 aliphatic rings. The molecule has 0 aromatic carbocycles. The number of methoxy groups -OCH3 is 1. The highest BCUT2D eigenvalue weighted by molar-refractivity contribution is 5.73. The molecule has 0 bridgehead atoms. The summed E-state index contributed by atoms with van der Waals surface area (Å²) < 4.78 is 5.12. The lowest BCUT2D eigenvalue weighted by Gasteiger charge is -2.19. The number of nitrogens with zero attached hydrogens (tertiary/aromatic N) is 3. The van der Waals surface area contributed by atoms with Crippen LogP contribution in [0.5, 0.6) is 0 Å². The molecule has 2 rings (SSSR count). The van der Waals surface area contributed by atoms with Crippen LogP contribution >= 0.6 is 0 Å². The molecule has 0 radical (unpaired) electrons. The molecule has 1 aliphatic heterocycles. The van der Waals surface area contributed by atoms with E-state index < -0.39 is 0 Å². The second-order valence-electron chi connectivity index (χ2n) is 5.12.